The number of morpholine rings is 1. The first kappa shape index (κ1) is 23.8. The molecule has 0 bridgehead atoms. The van der Waals surface area contributed by atoms with Gasteiger partial charge in [0.1, 0.15) is 5.82 Å². The summed E-state index contributed by atoms with van der Waals surface area (Å²) < 4.78 is 46.0. The summed E-state index contributed by atoms with van der Waals surface area (Å²) in [7, 11) is -3.54. The fourth-order valence-electron chi connectivity index (χ4n) is 4.47. The summed E-state index contributed by atoms with van der Waals surface area (Å²) >= 11 is 0. The smallest absolute Gasteiger partial charge is 0.243 e. The summed E-state index contributed by atoms with van der Waals surface area (Å²) in [5.41, 5.74) is 0.947. The van der Waals surface area contributed by atoms with Crippen LogP contribution in [0.5, 0.6) is 0 Å². The molecule has 33 heavy (non-hydrogen) atoms. The van der Waals surface area contributed by atoms with E-state index >= 15 is 0 Å². The van der Waals surface area contributed by atoms with Gasteiger partial charge in [-0.2, -0.15) is 4.31 Å². The summed E-state index contributed by atoms with van der Waals surface area (Å²) in [6.07, 6.45) is 0.966. The van der Waals surface area contributed by atoms with E-state index in [0.717, 1.165) is 18.7 Å². The van der Waals surface area contributed by atoms with Crippen LogP contribution in [0.25, 0.3) is 0 Å². The van der Waals surface area contributed by atoms with Gasteiger partial charge in [-0.15, -0.1) is 0 Å². The Balaban J connectivity index is 1.35. The standard InChI is InChI=1S/C24H30FN3O4S/c25-21-8-6-19(7-9-21)23(27-14-16-32-17-15-27)18-26-24(29)20-10-12-28(13-11-20)33(30,31)22-4-2-1-3-5-22/h1-9,20,23H,10-18H2,(H,26,29)/t23-/m0/s1. The Labute approximate surface area is 194 Å². The first-order valence-electron chi connectivity index (χ1n) is 11.4. The molecule has 1 N–H and O–H groups in total. The molecule has 2 aromatic carbocycles. The topological polar surface area (TPSA) is 79.0 Å². The zero-order chi connectivity index (χ0) is 23.3. The van der Waals surface area contributed by atoms with Crippen LogP contribution in [0, 0.1) is 11.7 Å². The first-order valence-corrected chi connectivity index (χ1v) is 12.8. The Hall–Kier alpha value is -2.33. The van der Waals surface area contributed by atoms with Crippen LogP contribution < -0.4 is 5.32 Å². The average molecular weight is 476 g/mol. The summed E-state index contributed by atoms with van der Waals surface area (Å²) in [6.45, 7) is 3.79. The highest BCUT2D eigenvalue weighted by molar-refractivity contribution is 7.89. The molecule has 2 heterocycles. The first-order chi connectivity index (χ1) is 15.9. The fraction of sp³-hybridized carbons (Fsp3) is 0.458. The monoisotopic (exact) mass is 475 g/mol. The van der Waals surface area contributed by atoms with Gasteiger partial charge in [0.2, 0.25) is 15.9 Å². The second kappa shape index (κ2) is 10.7. The number of hydrogen-bond donors (Lipinski definition) is 1. The maximum atomic E-state index is 13.4. The van der Waals surface area contributed by atoms with Gasteiger partial charge in [0.15, 0.2) is 0 Å². The third-order valence-electron chi connectivity index (χ3n) is 6.42. The predicted octanol–water partition coefficient (Wildman–Crippen LogP) is 2.42. The Morgan fingerprint density at radius 1 is 1.00 bits per heavy atom. The molecular formula is C24H30FN3O4S. The molecule has 2 saturated heterocycles. The molecule has 9 heteroatoms. The highest BCUT2D eigenvalue weighted by Gasteiger charge is 2.32. The molecular weight excluding hydrogens is 445 g/mol. The molecule has 0 aromatic heterocycles. The minimum Gasteiger partial charge on any atom is -0.379 e. The third-order valence-corrected chi connectivity index (χ3v) is 8.33. The molecule has 2 aliphatic rings. The maximum absolute atomic E-state index is 13.4. The van der Waals surface area contributed by atoms with E-state index in [4.69, 9.17) is 4.74 Å². The van der Waals surface area contributed by atoms with Crippen LogP contribution in [-0.2, 0) is 19.6 Å². The molecule has 178 valence electrons. The van der Waals surface area contributed by atoms with Gasteiger partial charge >= 0.3 is 0 Å². The van der Waals surface area contributed by atoms with Gasteiger partial charge in [-0.25, -0.2) is 12.8 Å². The molecule has 2 fully saturated rings. The van der Waals surface area contributed by atoms with Crippen molar-refractivity contribution in [3.8, 4) is 0 Å². The van der Waals surface area contributed by atoms with Crippen molar-refractivity contribution in [1.29, 1.82) is 0 Å². The van der Waals surface area contributed by atoms with Gasteiger partial charge in [0.05, 0.1) is 24.2 Å². The number of ether oxygens (including phenoxy) is 1. The Morgan fingerprint density at radius 3 is 2.27 bits per heavy atom. The number of amides is 1. The highest BCUT2D eigenvalue weighted by atomic mass is 32.2. The molecule has 1 amide bonds. The number of carbonyl (C=O) groups is 1. The van der Waals surface area contributed by atoms with Crippen LogP contribution in [0.1, 0.15) is 24.4 Å². The van der Waals surface area contributed by atoms with Crippen LogP contribution >= 0.6 is 0 Å². The van der Waals surface area contributed by atoms with Crippen LogP contribution in [0.4, 0.5) is 4.39 Å². The number of nitrogens with zero attached hydrogens (tertiary/aromatic N) is 2. The summed E-state index contributed by atoms with van der Waals surface area (Å²) in [5, 5.41) is 3.06. The number of rotatable bonds is 7. The summed E-state index contributed by atoms with van der Waals surface area (Å²) in [5.74, 6) is -0.585. The second-order valence-corrected chi connectivity index (χ2v) is 10.4. The van der Waals surface area contributed by atoms with Gasteiger partial charge in [-0.05, 0) is 42.7 Å². The van der Waals surface area contributed by atoms with E-state index in [1.54, 1.807) is 42.5 Å². The van der Waals surface area contributed by atoms with Gasteiger partial charge in [0.25, 0.3) is 0 Å². The van der Waals surface area contributed by atoms with Crippen molar-refractivity contribution in [3.05, 3.63) is 66.0 Å². The van der Waals surface area contributed by atoms with Crippen LogP contribution in [0.15, 0.2) is 59.5 Å². The number of sulfonamides is 1. The molecule has 4 rings (SSSR count). The van der Waals surface area contributed by atoms with Crippen molar-refractivity contribution in [2.24, 2.45) is 5.92 Å². The van der Waals surface area contributed by atoms with E-state index in [2.05, 4.69) is 10.2 Å². The zero-order valence-corrected chi connectivity index (χ0v) is 19.3. The largest absolute Gasteiger partial charge is 0.379 e. The SMILES string of the molecule is O=C(NC[C@@H](c1ccc(F)cc1)N1CCOCC1)C1CCN(S(=O)(=O)c2ccccc2)CC1. The van der Waals surface area contributed by atoms with Crippen molar-refractivity contribution in [1.82, 2.24) is 14.5 Å². The van der Waals surface area contributed by atoms with Crippen molar-refractivity contribution in [2.45, 2.75) is 23.8 Å². The number of hydrogen-bond acceptors (Lipinski definition) is 5. The van der Waals surface area contributed by atoms with Crippen LogP contribution in [-0.4, -0.2) is 69.5 Å². The van der Waals surface area contributed by atoms with Crippen molar-refractivity contribution >= 4 is 15.9 Å². The lowest BCUT2D eigenvalue weighted by Crippen LogP contribution is -2.46. The molecule has 0 saturated carbocycles. The normalized spacial score (nSPS) is 19.8. The Morgan fingerprint density at radius 2 is 1.64 bits per heavy atom. The van der Waals surface area contributed by atoms with Gasteiger partial charge < -0.3 is 10.1 Å². The molecule has 2 aliphatic heterocycles. The minimum absolute atomic E-state index is 0.0628. The maximum Gasteiger partial charge on any atom is 0.243 e. The number of nitrogens with one attached hydrogen (secondary N) is 1. The molecule has 7 nitrogen and oxygen atoms in total. The number of carbonyl (C=O) groups excluding carboxylic acids is 1. The van der Waals surface area contributed by atoms with E-state index in [-0.39, 0.29) is 28.6 Å². The molecule has 2 aromatic rings. The molecule has 0 spiro atoms. The summed E-state index contributed by atoms with van der Waals surface area (Å²) in [6, 6.07) is 14.7. The lowest BCUT2D eigenvalue weighted by Gasteiger charge is -2.35. The Bertz CT molecular complexity index is 1020. The number of piperidine rings is 1. The second-order valence-electron chi connectivity index (χ2n) is 8.45. The molecule has 0 unspecified atom stereocenters. The van der Waals surface area contributed by atoms with Crippen LogP contribution in [0.2, 0.25) is 0 Å². The summed E-state index contributed by atoms with van der Waals surface area (Å²) in [4.78, 5) is 15.4. The molecule has 0 aliphatic carbocycles. The minimum atomic E-state index is -3.54. The quantitative estimate of drug-likeness (QED) is 0.666. The van der Waals surface area contributed by atoms with E-state index in [0.29, 0.717) is 45.7 Å². The van der Waals surface area contributed by atoms with E-state index in [9.17, 15) is 17.6 Å². The van der Waals surface area contributed by atoms with Gasteiger partial charge in [-0.3, -0.25) is 9.69 Å². The predicted molar refractivity (Wildman–Crippen MR) is 122 cm³/mol. The zero-order valence-electron chi connectivity index (χ0n) is 18.5. The van der Waals surface area contributed by atoms with Crippen molar-refractivity contribution in [3.63, 3.8) is 0 Å². The number of halogens is 1. The Kier molecular flexibility index (Phi) is 7.75. The van der Waals surface area contributed by atoms with Crippen molar-refractivity contribution in [2.75, 3.05) is 45.9 Å². The van der Waals surface area contributed by atoms with Gasteiger partial charge in [-0.1, -0.05) is 30.3 Å². The fourth-order valence-corrected chi connectivity index (χ4v) is 5.96. The molecule has 0 radical (unpaired) electrons. The van der Waals surface area contributed by atoms with Gasteiger partial charge in [0, 0.05) is 38.6 Å². The van der Waals surface area contributed by atoms with Crippen molar-refractivity contribution < 1.29 is 22.3 Å². The van der Waals surface area contributed by atoms with E-state index in [1.165, 1.54) is 16.4 Å². The van der Waals surface area contributed by atoms with E-state index in [1.807, 2.05) is 0 Å². The lowest BCUT2D eigenvalue weighted by atomic mass is 9.96. The average Bonchev–Trinajstić information content (AvgIpc) is 2.86. The number of benzene rings is 2. The third kappa shape index (κ3) is 5.78. The highest BCUT2D eigenvalue weighted by Crippen LogP contribution is 2.25. The van der Waals surface area contributed by atoms with Crippen LogP contribution in [0.3, 0.4) is 0 Å². The lowest BCUT2D eigenvalue weighted by molar-refractivity contribution is -0.126. The van der Waals surface area contributed by atoms with E-state index < -0.39 is 10.0 Å². The molecule has 1 atom stereocenters.